The van der Waals surface area contributed by atoms with Crippen LogP contribution in [0.2, 0.25) is 0 Å². The van der Waals surface area contributed by atoms with E-state index in [0.29, 0.717) is 5.69 Å². The van der Waals surface area contributed by atoms with Crippen LogP contribution in [0.1, 0.15) is 10.7 Å². The van der Waals surface area contributed by atoms with Crippen molar-refractivity contribution in [3.05, 3.63) is 47.1 Å². The molecule has 1 aromatic carbocycles. The first kappa shape index (κ1) is 12.6. The summed E-state index contributed by atoms with van der Waals surface area (Å²) in [6.45, 7) is 1.90. The van der Waals surface area contributed by atoms with Gasteiger partial charge in [-0.15, -0.1) is 0 Å². The van der Waals surface area contributed by atoms with Crippen molar-refractivity contribution in [2.24, 2.45) is 0 Å². The second kappa shape index (κ2) is 4.90. The van der Waals surface area contributed by atoms with Gasteiger partial charge in [0.05, 0.1) is 11.4 Å². The highest BCUT2D eigenvalue weighted by Crippen LogP contribution is 2.27. The first-order chi connectivity index (χ1) is 9.65. The van der Waals surface area contributed by atoms with Crippen LogP contribution in [-0.4, -0.2) is 25.7 Å². The number of aromatic nitrogens is 3. The molecule has 0 amide bonds. The summed E-state index contributed by atoms with van der Waals surface area (Å²) >= 11 is 1.48. The van der Waals surface area contributed by atoms with Gasteiger partial charge in [0.1, 0.15) is 5.01 Å². The summed E-state index contributed by atoms with van der Waals surface area (Å²) in [5, 5.41) is 14.1. The second-order valence-electron chi connectivity index (χ2n) is 4.20. The lowest BCUT2D eigenvalue weighted by Gasteiger charge is -1.98. The monoisotopic (exact) mass is 285 g/mol. The number of nitrogens with zero attached hydrogens (tertiary/aromatic N) is 3. The number of rotatable bonds is 3. The zero-order valence-corrected chi connectivity index (χ0v) is 11.5. The number of carboxylic acid groups (broad SMARTS) is 1. The van der Waals surface area contributed by atoms with Gasteiger partial charge in [-0.05, 0) is 13.0 Å². The zero-order chi connectivity index (χ0) is 14.1. The predicted molar refractivity (Wildman–Crippen MR) is 77.7 cm³/mol. The lowest BCUT2D eigenvalue weighted by molar-refractivity contribution is -0.131. The summed E-state index contributed by atoms with van der Waals surface area (Å²) in [6, 6.07) is 9.66. The Labute approximate surface area is 118 Å². The fourth-order valence-corrected chi connectivity index (χ4v) is 2.72. The molecule has 0 aliphatic carbocycles. The number of fused-ring (bicyclic) bond motifs is 1. The van der Waals surface area contributed by atoms with Gasteiger partial charge >= 0.3 is 5.97 Å². The molecule has 2 aromatic heterocycles. The summed E-state index contributed by atoms with van der Waals surface area (Å²) in [4.78, 5) is 16.1. The number of carbonyl (C=O) groups is 1. The Morgan fingerprint density at radius 2 is 2.10 bits per heavy atom. The van der Waals surface area contributed by atoms with E-state index in [2.05, 4.69) is 10.1 Å². The maximum Gasteiger partial charge on any atom is 0.328 e. The van der Waals surface area contributed by atoms with E-state index in [9.17, 15) is 4.79 Å². The van der Waals surface area contributed by atoms with Crippen LogP contribution < -0.4 is 0 Å². The Bertz CT molecular complexity index is 803. The van der Waals surface area contributed by atoms with Crippen molar-refractivity contribution < 1.29 is 9.90 Å². The lowest BCUT2D eigenvalue weighted by Crippen LogP contribution is -1.92. The largest absolute Gasteiger partial charge is 0.478 e. The van der Waals surface area contributed by atoms with E-state index in [1.54, 1.807) is 4.52 Å². The van der Waals surface area contributed by atoms with Crippen LogP contribution >= 0.6 is 11.3 Å². The van der Waals surface area contributed by atoms with E-state index in [0.717, 1.165) is 27.3 Å². The number of hydrogen-bond donors (Lipinski definition) is 1. The SMILES string of the molecule is Cc1nn2c(/C=C/C(=O)O)c(-c3ccccc3)nc2s1. The highest BCUT2D eigenvalue weighted by molar-refractivity contribution is 7.16. The van der Waals surface area contributed by atoms with Crippen LogP contribution in [0.5, 0.6) is 0 Å². The first-order valence-electron chi connectivity index (χ1n) is 5.98. The Kier molecular flexibility index (Phi) is 3.08. The maximum atomic E-state index is 10.7. The topological polar surface area (TPSA) is 67.5 Å². The van der Waals surface area contributed by atoms with Gasteiger partial charge in [0.15, 0.2) is 0 Å². The molecule has 2 heterocycles. The van der Waals surface area contributed by atoms with E-state index in [1.807, 2.05) is 37.3 Å². The molecule has 0 fully saturated rings. The van der Waals surface area contributed by atoms with Crippen molar-refractivity contribution in [1.29, 1.82) is 0 Å². The van der Waals surface area contributed by atoms with Crippen LogP contribution in [0.25, 0.3) is 22.3 Å². The molecule has 5 nitrogen and oxygen atoms in total. The van der Waals surface area contributed by atoms with Crippen molar-refractivity contribution >= 4 is 28.3 Å². The molecule has 1 N–H and O–H groups in total. The maximum absolute atomic E-state index is 10.7. The van der Waals surface area contributed by atoms with Gasteiger partial charge in [0.2, 0.25) is 4.96 Å². The van der Waals surface area contributed by atoms with Crippen LogP contribution in [0.3, 0.4) is 0 Å². The minimum atomic E-state index is -0.995. The molecule has 0 spiro atoms. The van der Waals surface area contributed by atoms with E-state index in [1.165, 1.54) is 17.4 Å². The highest BCUT2D eigenvalue weighted by atomic mass is 32.1. The zero-order valence-electron chi connectivity index (χ0n) is 10.6. The molecular formula is C14H11N3O2S. The molecule has 3 rings (SSSR count). The third-order valence-corrected chi connectivity index (χ3v) is 3.59. The molecule has 0 saturated heterocycles. The van der Waals surface area contributed by atoms with Gasteiger partial charge in [-0.3, -0.25) is 0 Å². The number of imidazole rings is 1. The quantitative estimate of drug-likeness (QED) is 0.751. The summed E-state index contributed by atoms with van der Waals surface area (Å²) in [5.74, 6) is -0.995. The Morgan fingerprint density at radius 3 is 2.80 bits per heavy atom. The van der Waals surface area contributed by atoms with Crippen molar-refractivity contribution in [1.82, 2.24) is 14.6 Å². The lowest BCUT2D eigenvalue weighted by atomic mass is 10.1. The standard InChI is InChI=1S/C14H11N3O2S/c1-9-16-17-11(7-8-12(18)19)13(15-14(17)20-9)10-5-3-2-4-6-10/h2-8H,1H3,(H,18,19)/b8-7+. The van der Waals surface area contributed by atoms with Gasteiger partial charge in [0, 0.05) is 11.6 Å². The summed E-state index contributed by atoms with van der Waals surface area (Å²) in [5.41, 5.74) is 2.35. The smallest absolute Gasteiger partial charge is 0.328 e. The normalized spacial score (nSPS) is 11.4. The van der Waals surface area contributed by atoms with Gasteiger partial charge in [-0.1, -0.05) is 41.7 Å². The van der Waals surface area contributed by atoms with Gasteiger partial charge in [-0.25, -0.2) is 14.3 Å². The van der Waals surface area contributed by atoms with Gasteiger partial charge < -0.3 is 5.11 Å². The molecule has 20 heavy (non-hydrogen) atoms. The molecule has 0 saturated carbocycles. The van der Waals surface area contributed by atoms with E-state index >= 15 is 0 Å². The molecule has 0 aliphatic heterocycles. The minimum absolute atomic E-state index is 0.679. The number of aryl methyl sites for hydroxylation is 1. The summed E-state index contributed by atoms with van der Waals surface area (Å²) in [7, 11) is 0. The van der Waals surface area contributed by atoms with Gasteiger partial charge in [0.25, 0.3) is 0 Å². The van der Waals surface area contributed by atoms with E-state index in [4.69, 9.17) is 5.11 Å². The molecular weight excluding hydrogens is 274 g/mol. The molecule has 0 bridgehead atoms. The Morgan fingerprint density at radius 1 is 1.35 bits per heavy atom. The molecule has 0 aliphatic rings. The Hall–Kier alpha value is -2.47. The van der Waals surface area contributed by atoms with Crippen molar-refractivity contribution in [3.63, 3.8) is 0 Å². The number of benzene rings is 1. The first-order valence-corrected chi connectivity index (χ1v) is 6.79. The van der Waals surface area contributed by atoms with Crippen LogP contribution in [-0.2, 0) is 4.79 Å². The third kappa shape index (κ3) is 2.21. The van der Waals surface area contributed by atoms with E-state index in [-0.39, 0.29) is 0 Å². The van der Waals surface area contributed by atoms with Crippen molar-refractivity contribution in [3.8, 4) is 11.3 Å². The number of hydrogen-bond acceptors (Lipinski definition) is 4. The second-order valence-corrected chi connectivity index (χ2v) is 5.36. The average molecular weight is 285 g/mol. The summed E-state index contributed by atoms with van der Waals surface area (Å²) < 4.78 is 1.68. The van der Waals surface area contributed by atoms with Crippen LogP contribution in [0.15, 0.2) is 36.4 Å². The predicted octanol–water partition coefficient (Wildman–Crippen LogP) is 2.86. The fourth-order valence-electron chi connectivity index (χ4n) is 1.97. The molecule has 0 radical (unpaired) electrons. The number of aliphatic carboxylic acids is 1. The average Bonchev–Trinajstić information content (AvgIpc) is 2.93. The van der Waals surface area contributed by atoms with Crippen LogP contribution in [0, 0.1) is 6.92 Å². The highest BCUT2D eigenvalue weighted by Gasteiger charge is 2.15. The minimum Gasteiger partial charge on any atom is -0.478 e. The summed E-state index contributed by atoms with van der Waals surface area (Å²) in [6.07, 6.45) is 2.63. The molecule has 0 atom stereocenters. The molecule has 0 unspecified atom stereocenters. The number of carboxylic acids is 1. The van der Waals surface area contributed by atoms with Crippen LogP contribution in [0.4, 0.5) is 0 Å². The Balaban J connectivity index is 2.23. The van der Waals surface area contributed by atoms with Crippen molar-refractivity contribution in [2.75, 3.05) is 0 Å². The third-order valence-electron chi connectivity index (χ3n) is 2.77. The molecule has 6 heteroatoms. The molecule has 3 aromatic rings. The van der Waals surface area contributed by atoms with Crippen molar-refractivity contribution in [2.45, 2.75) is 6.92 Å². The van der Waals surface area contributed by atoms with Gasteiger partial charge in [-0.2, -0.15) is 5.10 Å². The van der Waals surface area contributed by atoms with E-state index < -0.39 is 5.97 Å². The molecule has 100 valence electrons. The fraction of sp³-hybridized carbons (Fsp3) is 0.0714.